The largest absolute Gasteiger partial charge is 0.308 e. The molecule has 0 aromatic rings. The molecule has 0 spiro atoms. The van der Waals surface area contributed by atoms with Gasteiger partial charge in [0.2, 0.25) is 0 Å². The van der Waals surface area contributed by atoms with E-state index in [4.69, 9.17) is 0 Å². The van der Waals surface area contributed by atoms with Crippen molar-refractivity contribution in [2.24, 2.45) is 0 Å². The van der Waals surface area contributed by atoms with E-state index in [0.29, 0.717) is 12.1 Å². The summed E-state index contributed by atoms with van der Waals surface area (Å²) >= 11 is 0. The van der Waals surface area contributed by atoms with Crippen molar-refractivity contribution in [3.05, 3.63) is 0 Å². The summed E-state index contributed by atoms with van der Waals surface area (Å²) in [6, 6.07) is 2.79. The first kappa shape index (κ1) is 8.52. The molecule has 1 saturated heterocycles. The van der Waals surface area contributed by atoms with Gasteiger partial charge in [-0.1, -0.05) is 12.8 Å². The topological polar surface area (TPSA) is 24.1 Å². The van der Waals surface area contributed by atoms with E-state index in [2.05, 4.69) is 24.5 Å². The maximum Gasteiger partial charge on any atom is 0.0224 e. The molecule has 12 heavy (non-hydrogen) atoms. The monoisotopic (exact) mass is 168 g/mol. The van der Waals surface area contributed by atoms with Crippen LogP contribution in [-0.4, -0.2) is 24.2 Å². The lowest BCUT2D eigenvalue weighted by atomic mass is 9.86. The van der Waals surface area contributed by atoms with E-state index < -0.39 is 0 Å². The molecule has 0 unspecified atom stereocenters. The van der Waals surface area contributed by atoms with Gasteiger partial charge < -0.3 is 10.6 Å². The zero-order valence-corrected chi connectivity index (χ0v) is 8.14. The van der Waals surface area contributed by atoms with Gasteiger partial charge in [0, 0.05) is 24.2 Å². The number of hydrogen-bond acceptors (Lipinski definition) is 2. The van der Waals surface area contributed by atoms with Crippen molar-refractivity contribution in [2.45, 2.75) is 63.7 Å². The zero-order chi connectivity index (χ0) is 8.55. The van der Waals surface area contributed by atoms with Crippen molar-refractivity contribution >= 4 is 0 Å². The smallest absolute Gasteiger partial charge is 0.0224 e. The van der Waals surface area contributed by atoms with Crippen LogP contribution in [0.4, 0.5) is 0 Å². The van der Waals surface area contributed by atoms with Crippen molar-refractivity contribution < 1.29 is 0 Å². The van der Waals surface area contributed by atoms with E-state index in [-0.39, 0.29) is 0 Å². The third-order valence-electron chi connectivity index (χ3n) is 3.47. The van der Waals surface area contributed by atoms with Crippen molar-refractivity contribution in [3.63, 3.8) is 0 Å². The zero-order valence-electron chi connectivity index (χ0n) is 8.14. The van der Waals surface area contributed by atoms with Gasteiger partial charge >= 0.3 is 0 Å². The predicted octanol–water partition coefficient (Wildman–Crippen LogP) is 1.27. The summed E-state index contributed by atoms with van der Waals surface area (Å²) in [4.78, 5) is 0. The second-order valence-electron chi connectivity index (χ2n) is 4.41. The van der Waals surface area contributed by atoms with Gasteiger partial charge in [-0.2, -0.15) is 0 Å². The highest BCUT2D eigenvalue weighted by Gasteiger charge is 2.32. The Kier molecular flexibility index (Phi) is 2.37. The second kappa shape index (κ2) is 3.35. The molecule has 2 fully saturated rings. The van der Waals surface area contributed by atoms with E-state index in [9.17, 15) is 0 Å². The fourth-order valence-corrected chi connectivity index (χ4v) is 2.49. The first-order valence-electron chi connectivity index (χ1n) is 5.29. The lowest BCUT2D eigenvalue weighted by Gasteiger charge is -2.43. The molecule has 2 heteroatoms. The van der Waals surface area contributed by atoms with Gasteiger partial charge in [0.1, 0.15) is 0 Å². The Morgan fingerprint density at radius 2 is 1.25 bits per heavy atom. The molecule has 2 aliphatic rings. The third kappa shape index (κ3) is 1.50. The van der Waals surface area contributed by atoms with Crippen molar-refractivity contribution in [1.82, 2.24) is 10.6 Å². The number of hydrogen-bond donors (Lipinski definition) is 2. The first-order chi connectivity index (χ1) is 5.77. The Labute approximate surface area is 75.1 Å². The van der Waals surface area contributed by atoms with E-state index in [1.807, 2.05) is 0 Å². The van der Waals surface area contributed by atoms with Gasteiger partial charge in [-0.15, -0.1) is 0 Å². The lowest BCUT2D eigenvalue weighted by Crippen LogP contribution is -2.64. The van der Waals surface area contributed by atoms with Crippen LogP contribution >= 0.6 is 0 Å². The van der Waals surface area contributed by atoms with Crippen molar-refractivity contribution in [2.75, 3.05) is 0 Å². The van der Waals surface area contributed by atoms with Crippen LogP contribution in [0.15, 0.2) is 0 Å². The van der Waals surface area contributed by atoms with Crippen LogP contribution in [0.2, 0.25) is 0 Å². The molecule has 1 aliphatic carbocycles. The van der Waals surface area contributed by atoms with Crippen molar-refractivity contribution in [1.29, 1.82) is 0 Å². The molecule has 1 saturated carbocycles. The normalized spacial score (nSPS) is 48.5. The molecular weight excluding hydrogens is 148 g/mol. The van der Waals surface area contributed by atoms with E-state index in [1.165, 1.54) is 25.7 Å². The van der Waals surface area contributed by atoms with Gasteiger partial charge in [0.05, 0.1) is 0 Å². The average molecular weight is 168 g/mol. The summed E-state index contributed by atoms with van der Waals surface area (Å²) in [5.41, 5.74) is 0. The third-order valence-corrected chi connectivity index (χ3v) is 3.47. The standard InChI is InChI=1S/C10H20N2/c1-7-8(2)12-10-6-4-3-5-9(10)11-7/h7-12H,3-6H2,1-2H3/t7-,8+,9-,10+. The van der Waals surface area contributed by atoms with Gasteiger partial charge in [-0.3, -0.25) is 0 Å². The van der Waals surface area contributed by atoms with E-state index in [0.717, 1.165) is 12.1 Å². The molecule has 0 aromatic heterocycles. The molecule has 0 radical (unpaired) electrons. The van der Waals surface area contributed by atoms with Crippen LogP contribution in [0.3, 0.4) is 0 Å². The highest BCUT2D eigenvalue weighted by molar-refractivity contribution is 4.96. The van der Waals surface area contributed by atoms with Gasteiger partial charge in [0.15, 0.2) is 0 Å². The van der Waals surface area contributed by atoms with Crippen LogP contribution in [0.25, 0.3) is 0 Å². The van der Waals surface area contributed by atoms with Crippen LogP contribution < -0.4 is 10.6 Å². The average Bonchev–Trinajstić information content (AvgIpc) is 2.07. The Morgan fingerprint density at radius 3 is 1.67 bits per heavy atom. The van der Waals surface area contributed by atoms with Crippen molar-refractivity contribution in [3.8, 4) is 0 Å². The van der Waals surface area contributed by atoms with Gasteiger partial charge in [-0.25, -0.2) is 0 Å². The minimum Gasteiger partial charge on any atom is -0.308 e. The Morgan fingerprint density at radius 1 is 0.833 bits per heavy atom. The van der Waals surface area contributed by atoms with Crippen LogP contribution in [0.5, 0.6) is 0 Å². The summed E-state index contributed by atoms with van der Waals surface area (Å²) in [7, 11) is 0. The van der Waals surface area contributed by atoms with E-state index in [1.54, 1.807) is 0 Å². The van der Waals surface area contributed by atoms with Crippen LogP contribution in [-0.2, 0) is 0 Å². The number of piperazine rings is 1. The Balaban J connectivity index is 1.98. The van der Waals surface area contributed by atoms with Crippen LogP contribution in [0, 0.1) is 0 Å². The lowest BCUT2D eigenvalue weighted by molar-refractivity contribution is 0.183. The molecule has 2 nitrogen and oxygen atoms in total. The molecule has 0 bridgehead atoms. The summed E-state index contributed by atoms with van der Waals surface area (Å²) in [5, 5.41) is 7.41. The quantitative estimate of drug-likeness (QED) is 0.569. The highest BCUT2D eigenvalue weighted by atomic mass is 15.1. The number of fused-ring (bicyclic) bond motifs is 1. The molecule has 70 valence electrons. The maximum absolute atomic E-state index is 3.71. The minimum atomic E-state index is 0.643. The van der Waals surface area contributed by atoms with Crippen LogP contribution in [0.1, 0.15) is 39.5 Å². The molecule has 0 amide bonds. The SMILES string of the molecule is C[C@@H]1N[C@H]2CCCC[C@H]2N[C@@H]1C. The molecule has 1 heterocycles. The van der Waals surface area contributed by atoms with Gasteiger partial charge in [0.25, 0.3) is 0 Å². The van der Waals surface area contributed by atoms with Gasteiger partial charge in [-0.05, 0) is 26.7 Å². The molecule has 0 aromatic carbocycles. The Hall–Kier alpha value is -0.0800. The molecular formula is C10H20N2. The summed E-state index contributed by atoms with van der Waals surface area (Å²) in [6.07, 6.45) is 5.57. The Bertz CT molecular complexity index is 140. The molecule has 2 N–H and O–H groups in total. The molecule has 2 rings (SSSR count). The maximum atomic E-state index is 3.71. The fourth-order valence-electron chi connectivity index (χ4n) is 2.49. The summed E-state index contributed by atoms with van der Waals surface area (Å²) in [6.45, 7) is 4.56. The molecule has 4 atom stereocenters. The van der Waals surface area contributed by atoms with E-state index >= 15 is 0 Å². The summed E-state index contributed by atoms with van der Waals surface area (Å²) < 4.78 is 0. The highest BCUT2D eigenvalue weighted by Crippen LogP contribution is 2.22. The second-order valence-corrected chi connectivity index (χ2v) is 4.41. The number of nitrogens with one attached hydrogen (secondary N) is 2. The first-order valence-corrected chi connectivity index (χ1v) is 5.29. The minimum absolute atomic E-state index is 0.643. The molecule has 1 aliphatic heterocycles. The fraction of sp³-hybridized carbons (Fsp3) is 1.00. The summed E-state index contributed by atoms with van der Waals surface area (Å²) in [5.74, 6) is 0. The predicted molar refractivity (Wildman–Crippen MR) is 51.2 cm³/mol. The number of rotatable bonds is 0.